The van der Waals surface area contributed by atoms with Gasteiger partial charge < -0.3 is 14.8 Å². The quantitative estimate of drug-likeness (QED) is 0.822. The van der Waals surface area contributed by atoms with Crippen molar-refractivity contribution >= 4 is 0 Å². The van der Waals surface area contributed by atoms with Gasteiger partial charge in [-0.1, -0.05) is 26.0 Å². The van der Waals surface area contributed by atoms with E-state index in [0.717, 1.165) is 37.5 Å². The molecule has 1 unspecified atom stereocenters. The molecule has 0 saturated heterocycles. The van der Waals surface area contributed by atoms with E-state index >= 15 is 0 Å². The first-order chi connectivity index (χ1) is 8.36. The molecule has 17 heavy (non-hydrogen) atoms. The summed E-state index contributed by atoms with van der Waals surface area (Å²) >= 11 is 0. The van der Waals surface area contributed by atoms with Crippen LogP contribution in [-0.2, 0) is 0 Å². The third-order valence-electron chi connectivity index (χ3n) is 2.88. The topological polar surface area (TPSA) is 30.5 Å². The van der Waals surface area contributed by atoms with Crippen LogP contribution >= 0.6 is 0 Å². The van der Waals surface area contributed by atoms with Gasteiger partial charge in [0.1, 0.15) is 6.61 Å². The third kappa shape index (κ3) is 2.72. The Bertz CT molecular complexity index is 365. The van der Waals surface area contributed by atoms with E-state index in [1.807, 2.05) is 12.1 Å². The Balaban J connectivity index is 2.11. The minimum Gasteiger partial charge on any atom is -0.490 e. The van der Waals surface area contributed by atoms with E-state index in [2.05, 4.69) is 25.2 Å². The van der Waals surface area contributed by atoms with Crippen molar-refractivity contribution in [1.29, 1.82) is 0 Å². The zero-order valence-electron chi connectivity index (χ0n) is 10.7. The lowest BCUT2D eigenvalue weighted by atomic mass is 10.1. The van der Waals surface area contributed by atoms with Gasteiger partial charge in [0.25, 0.3) is 0 Å². The number of para-hydroxylation sites is 1. The minimum atomic E-state index is 0.315. The van der Waals surface area contributed by atoms with E-state index in [-0.39, 0.29) is 0 Å². The molecule has 1 heterocycles. The van der Waals surface area contributed by atoms with Crippen LogP contribution in [0.3, 0.4) is 0 Å². The third-order valence-corrected chi connectivity index (χ3v) is 2.88. The van der Waals surface area contributed by atoms with Crippen molar-refractivity contribution in [3.63, 3.8) is 0 Å². The average Bonchev–Trinajstić information content (AvgIpc) is 2.77. The highest BCUT2D eigenvalue weighted by Crippen LogP contribution is 2.40. The molecule has 0 bridgehead atoms. The van der Waals surface area contributed by atoms with Crippen LogP contribution in [0, 0.1) is 0 Å². The molecule has 0 fully saturated rings. The van der Waals surface area contributed by atoms with Crippen molar-refractivity contribution in [3.05, 3.63) is 23.8 Å². The first-order valence-corrected chi connectivity index (χ1v) is 6.48. The monoisotopic (exact) mass is 235 g/mol. The Morgan fingerprint density at radius 3 is 3.00 bits per heavy atom. The highest BCUT2D eigenvalue weighted by Gasteiger charge is 2.26. The molecule has 0 amide bonds. The van der Waals surface area contributed by atoms with Crippen LogP contribution < -0.4 is 14.8 Å². The largest absolute Gasteiger partial charge is 0.490 e. The van der Waals surface area contributed by atoms with E-state index in [1.54, 1.807) is 0 Å². The summed E-state index contributed by atoms with van der Waals surface area (Å²) in [6.07, 6.45) is 2.15. The molecule has 1 aliphatic heterocycles. The summed E-state index contributed by atoms with van der Waals surface area (Å²) in [6, 6.07) is 6.46. The molecule has 1 aromatic rings. The summed E-state index contributed by atoms with van der Waals surface area (Å²) in [7, 11) is 0. The number of hydrogen-bond acceptors (Lipinski definition) is 3. The lowest BCUT2D eigenvalue weighted by Gasteiger charge is -2.11. The molecule has 0 radical (unpaired) electrons. The van der Waals surface area contributed by atoms with Gasteiger partial charge in [0.15, 0.2) is 11.5 Å². The Kier molecular flexibility index (Phi) is 4.26. The van der Waals surface area contributed by atoms with Crippen LogP contribution in [0.5, 0.6) is 11.5 Å². The number of benzene rings is 1. The van der Waals surface area contributed by atoms with E-state index in [1.165, 1.54) is 5.56 Å². The molecule has 1 aromatic carbocycles. The molecule has 1 atom stereocenters. The molecular formula is C14H21NO2. The van der Waals surface area contributed by atoms with E-state index in [4.69, 9.17) is 9.47 Å². The molecule has 0 saturated carbocycles. The lowest BCUT2D eigenvalue weighted by Crippen LogP contribution is -2.22. The van der Waals surface area contributed by atoms with Crippen LogP contribution in [-0.4, -0.2) is 19.8 Å². The lowest BCUT2D eigenvalue weighted by molar-refractivity contribution is 0.273. The number of hydrogen-bond donors (Lipinski definition) is 1. The molecule has 3 nitrogen and oxygen atoms in total. The minimum absolute atomic E-state index is 0.315. The summed E-state index contributed by atoms with van der Waals surface area (Å²) in [5.74, 6) is 1.81. The maximum Gasteiger partial charge on any atom is 0.166 e. The highest BCUT2D eigenvalue weighted by atomic mass is 16.5. The summed E-state index contributed by atoms with van der Waals surface area (Å²) in [5, 5.41) is 3.49. The van der Waals surface area contributed by atoms with Crippen LogP contribution in [0.15, 0.2) is 18.2 Å². The van der Waals surface area contributed by atoms with E-state index < -0.39 is 0 Å². The first kappa shape index (κ1) is 12.2. The summed E-state index contributed by atoms with van der Waals surface area (Å²) in [6.45, 7) is 6.75. The van der Waals surface area contributed by atoms with Crippen LogP contribution in [0.1, 0.15) is 38.3 Å². The van der Waals surface area contributed by atoms with Gasteiger partial charge in [0.05, 0.1) is 12.6 Å². The van der Waals surface area contributed by atoms with Crippen molar-refractivity contribution in [2.45, 2.75) is 32.7 Å². The SMILES string of the molecule is CCCNC1COc2c(OCCC)cccc21. The molecule has 2 rings (SSSR count). The molecule has 0 spiro atoms. The molecule has 0 aliphatic carbocycles. The van der Waals surface area contributed by atoms with Crippen molar-refractivity contribution in [2.75, 3.05) is 19.8 Å². The van der Waals surface area contributed by atoms with Crippen LogP contribution in [0.25, 0.3) is 0 Å². The predicted molar refractivity (Wildman–Crippen MR) is 68.8 cm³/mol. The van der Waals surface area contributed by atoms with Crippen molar-refractivity contribution in [3.8, 4) is 11.5 Å². The average molecular weight is 235 g/mol. The molecule has 1 N–H and O–H groups in total. The fraction of sp³-hybridized carbons (Fsp3) is 0.571. The van der Waals surface area contributed by atoms with Gasteiger partial charge in [-0.15, -0.1) is 0 Å². The highest BCUT2D eigenvalue weighted by molar-refractivity contribution is 5.50. The predicted octanol–water partition coefficient (Wildman–Crippen LogP) is 2.91. The smallest absolute Gasteiger partial charge is 0.166 e. The maximum absolute atomic E-state index is 5.75. The Labute approximate surface area is 103 Å². The van der Waals surface area contributed by atoms with Gasteiger partial charge >= 0.3 is 0 Å². The number of ether oxygens (including phenoxy) is 2. The van der Waals surface area contributed by atoms with Gasteiger partial charge in [0, 0.05) is 5.56 Å². The van der Waals surface area contributed by atoms with E-state index in [0.29, 0.717) is 12.6 Å². The van der Waals surface area contributed by atoms with Gasteiger partial charge in [-0.25, -0.2) is 0 Å². The normalized spacial score (nSPS) is 17.6. The molecular weight excluding hydrogens is 214 g/mol. The van der Waals surface area contributed by atoms with Crippen molar-refractivity contribution < 1.29 is 9.47 Å². The molecule has 94 valence electrons. The second-order valence-electron chi connectivity index (χ2n) is 4.34. The summed E-state index contributed by atoms with van der Waals surface area (Å²) < 4.78 is 11.4. The molecule has 0 aromatic heterocycles. The number of rotatable bonds is 6. The Hall–Kier alpha value is -1.22. The second-order valence-corrected chi connectivity index (χ2v) is 4.34. The summed E-state index contributed by atoms with van der Waals surface area (Å²) in [4.78, 5) is 0. The first-order valence-electron chi connectivity index (χ1n) is 6.48. The number of nitrogens with one attached hydrogen (secondary N) is 1. The zero-order chi connectivity index (χ0) is 12.1. The Morgan fingerprint density at radius 2 is 2.24 bits per heavy atom. The van der Waals surface area contributed by atoms with Gasteiger partial charge in [-0.05, 0) is 25.5 Å². The van der Waals surface area contributed by atoms with Gasteiger partial charge in [-0.2, -0.15) is 0 Å². The van der Waals surface area contributed by atoms with E-state index in [9.17, 15) is 0 Å². The maximum atomic E-state index is 5.75. The van der Waals surface area contributed by atoms with Crippen molar-refractivity contribution in [1.82, 2.24) is 5.32 Å². The Morgan fingerprint density at radius 1 is 1.35 bits per heavy atom. The fourth-order valence-corrected chi connectivity index (χ4v) is 2.03. The summed E-state index contributed by atoms with van der Waals surface area (Å²) in [5.41, 5.74) is 1.23. The standard InChI is InChI=1S/C14H21NO2/c1-3-8-15-12-10-17-14-11(12)6-5-7-13(14)16-9-4-2/h5-7,12,15H,3-4,8-10H2,1-2H3. The van der Waals surface area contributed by atoms with Crippen LogP contribution in [0.2, 0.25) is 0 Å². The zero-order valence-corrected chi connectivity index (χ0v) is 10.7. The molecule has 1 aliphatic rings. The van der Waals surface area contributed by atoms with Gasteiger partial charge in [0.2, 0.25) is 0 Å². The second kappa shape index (κ2) is 5.92. The van der Waals surface area contributed by atoms with Gasteiger partial charge in [-0.3, -0.25) is 0 Å². The van der Waals surface area contributed by atoms with Crippen molar-refractivity contribution in [2.24, 2.45) is 0 Å². The molecule has 3 heteroatoms. The van der Waals surface area contributed by atoms with Crippen LogP contribution in [0.4, 0.5) is 0 Å². The fourth-order valence-electron chi connectivity index (χ4n) is 2.03. The number of fused-ring (bicyclic) bond motifs is 1.